The van der Waals surface area contributed by atoms with Gasteiger partial charge in [-0.1, -0.05) is 48.5 Å². The maximum atomic E-state index is 15.1. The van der Waals surface area contributed by atoms with Gasteiger partial charge >= 0.3 is 0 Å². The summed E-state index contributed by atoms with van der Waals surface area (Å²) >= 11 is 0. The van der Waals surface area contributed by atoms with Crippen LogP contribution in [0.1, 0.15) is 11.1 Å². The molecule has 0 radical (unpaired) electrons. The number of halogens is 2. The predicted molar refractivity (Wildman–Crippen MR) is 93.4 cm³/mol. The Morgan fingerprint density at radius 3 is 2.32 bits per heavy atom. The van der Waals surface area contributed by atoms with Gasteiger partial charge in [-0.15, -0.1) is 0 Å². The van der Waals surface area contributed by atoms with Crippen molar-refractivity contribution in [1.82, 2.24) is 9.97 Å². The summed E-state index contributed by atoms with van der Waals surface area (Å²) in [6.07, 6.45) is 4.71. The topological polar surface area (TPSA) is 25.8 Å². The van der Waals surface area contributed by atoms with Crippen LogP contribution < -0.4 is 0 Å². The summed E-state index contributed by atoms with van der Waals surface area (Å²) in [6, 6.07) is 16.2. The van der Waals surface area contributed by atoms with Gasteiger partial charge in [-0.2, -0.15) is 8.78 Å². The highest BCUT2D eigenvalue weighted by molar-refractivity contribution is 5.89. The Labute approximate surface area is 142 Å². The lowest BCUT2D eigenvalue weighted by molar-refractivity contribution is 0.0485. The molecular formula is C21H12F2N2. The van der Waals surface area contributed by atoms with E-state index in [2.05, 4.69) is 9.97 Å². The summed E-state index contributed by atoms with van der Waals surface area (Å²) in [4.78, 5) is 8.61. The summed E-state index contributed by atoms with van der Waals surface area (Å²) in [5.41, 5.74) is 1.93. The first-order valence-corrected chi connectivity index (χ1v) is 7.97. The predicted octanol–water partition coefficient (Wildman–Crippen LogP) is 5.42. The van der Waals surface area contributed by atoms with Gasteiger partial charge in [0, 0.05) is 46.2 Å². The van der Waals surface area contributed by atoms with Crippen LogP contribution >= 0.6 is 0 Å². The van der Waals surface area contributed by atoms with Gasteiger partial charge in [0.1, 0.15) is 0 Å². The number of fused-ring (bicyclic) bond motifs is 4. The molecule has 120 valence electrons. The SMILES string of the molecule is FC1(F)c2ccccc2-c2cncc(-c3cc4ccccc4cn3)c21. The zero-order chi connectivity index (χ0) is 17.0. The highest BCUT2D eigenvalue weighted by Crippen LogP contribution is 2.53. The van der Waals surface area contributed by atoms with Gasteiger partial charge in [0.15, 0.2) is 0 Å². The zero-order valence-corrected chi connectivity index (χ0v) is 13.1. The quantitative estimate of drug-likeness (QED) is 0.466. The third-order valence-electron chi connectivity index (χ3n) is 4.72. The van der Waals surface area contributed by atoms with E-state index in [9.17, 15) is 0 Å². The lowest BCUT2D eigenvalue weighted by atomic mass is 9.99. The molecule has 0 aliphatic heterocycles. The molecule has 0 N–H and O–H groups in total. The molecule has 0 saturated carbocycles. The second-order valence-corrected chi connectivity index (χ2v) is 6.15. The first-order chi connectivity index (χ1) is 12.2. The molecule has 0 bridgehead atoms. The van der Waals surface area contributed by atoms with Crippen molar-refractivity contribution in [2.75, 3.05) is 0 Å². The molecule has 0 spiro atoms. The minimum Gasteiger partial charge on any atom is -0.263 e. The van der Waals surface area contributed by atoms with E-state index in [1.54, 1.807) is 24.4 Å². The molecule has 25 heavy (non-hydrogen) atoms. The van der Waals surface area contributed by atoms with Gasteiger partial charge in [-0.25, -0.2) is 0 Å². The van der Waals surface area contributed by atoms with Crippen LogP contribution in [0.2, 0.25) is 0 Å². The van der Waals surface area contributed by atoms with E-state index in [4.69, 9.17) is 0 Å². The third kappa shape index (κ3) is 1.94. The Morgan fingerprint density at radius 2 is 1.44 bits per heavy atom. The van der Waals surface area contributed by atoms with E-state index in [-0.39, 0.29) is 11.1 Å². The fourth-order valence-electron chi connectivity index (χ4n) is 3.55. The molecule has 2 aromatic carbocycles. The van der Waals surface area contributed by atoms with Crippen LogP contribution in [0.5, 0.6) is 0 Å². The van der Waals surface area contributed by atoms with Crippen molar-refractivity contribution >= 4 is 10.8 Å². The van der Waals surface area contributed by atoms with Crippen molar-refractivity contribution in [3.8, 4) is 22.4 Å². The van der Waals surface area contributed by atoms with Gasteiger partial charge in [0.2, 0.25) is 0 Å². The van der Waals surface area contributed by atoms with Crippen LogP contribution in [0, 0.1) is 0 Å². The maximum Gasteiger partial charge on any atom is 0.300 e. The highest BCUT2D eigenvalue weighted by Gasteiger charge is 2.46. The van der Waals surface area contributed by atoms with Crippen LogP contribution in [-0.2, 0) is 5.92 Å². The molecule has 5 rings (SSSR count). The third-order valence-corrected chi connectivity index (χ3v) is 4.72. The number of alkyl halides is 2. The van der Waals surface area contributed by atoms with Crippen LogP contribution in [0.15, 0.2) is 73.2 Å². The van der Waals surface area contributed by atoms with Gasteiger partial charge in [-0.05, 0) is 17.0 Å². The van der Waals surface area contributed by atoms with Crippen LogP contribution in [0.25, 0.3) is 33.2 Å². The Bertz CT molecular complexity index is 1140. The monoisotopic (exact) mass is 330 g/mol. The summed E-state index contributed by atoms with van der Waals surface area (Å²) in [6.45, 7) is 0. The minimum atomic E-state index is -3.06. The second-order valence-electron chi connectivity index (χ2n) is 6.15. The Balaban J connectivity index is 1.80. The number of aromatic nitrogens is 2. The molecular weight excluding hydrogens is 318 g/mol. The molecule has 4 aromatic rings. The summed E-state index contributed by atoms with van der Waals surface area (Å²) in [5.74, 6) is -3.06. The smallest absolute Gasteiger partial charge is 0.263 e. The first-order valence-electron chi connectivity index (χ1n) is 7.97. The van der Waals surface area contributed by atoms with Crippen molar-refractivity contribution in [2.45, 2.75) is 5.92 Å². The fraction of sp³-hybridized carbons (Fsp3) is 0.0476. The Kier molecular flexibility index (Phi) is 2.80. The van der Waals surface area contributed by atoms with Crippen LogP contribution in [0.4, 0.5) is 8.78 Å². The van der Waals surface area contributed by atoms with Crippen molar-refractivity contribution in [2.24, 2.45) is 0 Å². The Morgan fingerprint density at radius 1 is 0.720 bits per heavy atom. The molecule has 0 saturated heterocycles. The molecule has 1 aliphatic rings. The number of nitrogens with zero attached hydrogens (tertiary/aromatic N) is 2. The van der Waals surface area contributed by atoms with Crippen molar-refractivity contribution in [1.29, 1.82) is 0 Å². The van der Waals surface area contributed by atoms with Crippen molar-refractivity contribution < 1.29 is 8.78 Å². The average Bonchev–Trinajstić information content (AvgIpc) is 2.90. The zero-order valence-electron chi connectivity index (χ0n) is 13.1. The molecule has 0 fully saturated rings. The van der Waals surface area contributed by atoms with E-state index < -0.39 is 5.92 Å². The van der Waals surface area contributed by atoms with E-state index in [0.29, 0.717) is 22.4 Å². The summed E-state index contributed by atoms with van der Waals surface area (Å²) < 4.78 is 30.3. The van der Waals surface area contributed by atoms with Gasteiger partial charge in [0.05, 0.1) is 5.69 Å². The molecule has 1 aliphatic carbocycles. The molecule has 0 atom stereocenters. The molecule has 2 nitrogen and oxygen atoms in total. The molecule has 0 unspecified atom stereocenters. The maximum absolute atomic E-state index is 15.1. The number of rotatable bonds is 1. The van der Waals surface area contributed by atoms with E-state index in [1.165, 1.54) is 18.5 Å². The van der Waals surface area contributed by atoms with Gasteiger partial charge in [-0.3, -0.25) is 9.97 Å². The van der Waals surface area contributed by atoms with Crippen molar-refractivity contribution in [3.63, 3.8) is 0 Å². The number of benzene rings is 2. The normalized spacial score (nSPS) is 14.3. The average molecular weight is 330 g/mol. The minimum absolute atomic E-state index is 0.00789. The summed E-state index contributed by atoms with van der Waals surface area (Å²) in [5, 5.41) is 1.94. The lowest BCUT2D eigenvalue weighted by Gasteiger charge is -2.16. The molecule has 4 heteroatoms. The van der Waals surface area contributed by atoms with E-state index >= 15 is 8.78 Å². The van der Waals surface area contributed by atoms with Gasteiger partial charge in [0.25, 0.3) is 5.92 Å². The summed E-state index contributed by atoms with van der Waals surface area (Å²) in [7, 11) is 0. The van der Waals surface area contributed by atoms with E-state index in [0.717, 1.165) is 10.8 Å². The second kappa shape index (κ2) is 4.93. The van der Waals surface area contributed by atoms with E-state index in [1.807, 2.05) is 30.3 Å². The molecule has 2 aromatic heterocycles. The van der Waals surface area contributed by atoms with Gasteiger partial charge < -0.3 is 0 Å². The number of pyridine rings is 2. The molecule has 0 amide bonds. The Hall–Kier alpha value is -3.14. The fourth-order valence-corrected chi connectivity index (χ4v) is 3.55. The lowest BCUT2D eigenvalue weighted by Crippen LogP contribution is -2.12. The highest BCUT2D eigenvalue weighted by atomic mass is 19.3. The van der Waals surface area contributed by atoms with Crippen LogP contribution in [0.3, 0.4) is 0 Å². The number of hydrogen-bond acceptors (Lipinski definition) is 2. The number of hydrogen-bond donors (Lipinski definition) is 0. The first kappa shape index (κ1) is 14.2. The van der Waals surface area contributed by atoms with Crippen molar-refractivity contribution in [3.05, 3.63) is 84.3 Å². The van der Waals surface area contributed by atoms with Crippen LogP contribution in [-0.4, -0.2) is 9.97 Å². The molecule has 2 heterocycles. The largest absolute Gasteiger partial charge is 0.300 e. The standard InChI is InChI=1S/C21H12F2N2/c22-21(23)18-8-4-3-7-15(18)16-11-24-12-17(20(16)21)19-9-13-5-1-2-6-14(13)10-25-19/h1-12H.